The summed E-state index contributed by atoms with van der Waals surface area (Å²) >= 11 is 5.78. The van der Waals surface area contributed by atoms with E-state index in [1.54, 1.807) is 12.3 Å². The molecule has 0 bridgehead atoms. The van der Waals surface area contributed by atoms with Crippen LogP contribution in [0.4, 0.5) is 17.2 Å². The number of nitrogens with two attached hydrogens (primary N) is 1. The van der Waals surface area contributed by atoms with Gasteiger partial charge in [0.2, 0.25) is 0 Å². The Morgan fingerprint density at radius 2 is 2.00 bits per heavy atom. The van der Waals surface area contributed by atoms with Crippen LogP contribution in [-0.2, 0) is 6.42 Å². The molecule has 0 aliphatic carbocycles. The highest BCUT2D eigenvalue weighted by molar-refractivity contribution is 6.30. The molecule has 2 rings (SSSR count). The van der Waals surface area contributed by atoms with E-state index in [0.717, 1.165) is 11.3 Å². The second-order valence-electron chi connectivity index (χ2n) is 3.89. The Kier molecular flexibility index (Phi) is 4.02. The van der Waals surface area contributed by atoms with Crippen LogP contribution in [0.25, 0.3) is 0 Å². The van der Waals surface area contributed by atoms with Gasteiger partial charge < -0.3 is 16.2 Å². The molecule has 1 heterocycles. The van der Waals surface area contributed by atoms with E-state index in [0.29, 0.717) is 22.9 Å². The standard InChI is InChI=1S/C13H14ClN3O/c14-10-7-12(15)13(16-8-10)17-11-3-1-9(2-4-11)5-6-18/h1-4,7-8,18H,5-6,15H2,(H,16,17). The summed E-state index contributed by atoms with van der Waals surface area (Å²) in [5.41, 5.74) is 8.28. The number of aromatic nitrogens is 1. The molecule has 1 aromatic carbocycles. The molecule has 2 aromatic rings. The molecule has 0 fully saturated rings. The van der Waals surface area contributed by atoms with E-state index in [9.17, 15) is 0 Å². The first-order valence-corrected chi connectivity index (χ1v) is 5.94. The van der Waals surface area contributed by atoms with E-state index in [1.807, 2.05) is 24.3 Å². The van der Waals surface area contributed by atoms with Crippen molar-refractivity contribution in [3.8, 4) is 0 Å². The zero-order valence-corrected chi connectivity index (χ0v) is 10.5. The van der Waals surface area contributed by atoms with Crippen molar-refractivity contribution in [2.75, 3.05) is 17.7 Å². The number of hydrogen-bond donors (Lipinski definition) is 3. The molecule has 0 amide bonds. The van der Waals surface area contributed by atoms with E-state index in [-0.39, 0.29) is 6.61 Å². The summed E-state index contributed by atoms with van der Waals surface area (Å²) in [5, 5.41) is 12.5. The van der Waals surface area contributed by atoms with Gasteiger partial charge in [-0.25, -0.2) is 4.98 Å². The average Bonchev–Trinajstić information content (AvgIpc) is 2.35. The first-order valence-electron chi connectivity index (χ1n) is 5.57. The maximum absolute atomic E-state index is 8.83. The summed E-state index contributed by atoms with van der Waals surface area (Å²) in [4.78, 5) is 4.12. The van der Waals surface area contributed by atoms with Crippen LogP contribution >= 0.6 is 11.6 Å². The fraction of sp³-hybridized carbons (Fsp3) is 0.154. The Bertz CT molecular complexity index is 528. The number of nitrogen functional groups attached to an aromatic ring is 1. The second kappa shape index (κ2) is 5.71. The summed E-state index contributed by atoms with van der Waals surface area (Å²) < 4.78 is 0. The summed E-state index contributed by atoms with van der Waals surface area (Å²) in [7, 11) is 0. The van der Waals surface area contributed by atoms with Crippen molar-refractivity contribution in [1.29, 1.82) is 0 Å². The topological polar surface area (TPSA) is 71.2 Å². The third-order valence-corrected chi connectivity index (χ3v) is 2.71. The number of nitrogens with zero attached hydrogens (tertiary/aromatic N) is 1. The van der Waals surface area contributed by atoms with Crippen LogP contribution < -0.4 is 11.1 Å². The fourth-order valence-corrected chi connectivity index (χ4v) is 1.75. The number of pyridine rings is 1. The number of nitrogens with one attached hydrogen (secondary N) is 1. The number of anilines is 3. The van der Waals surface area contributed by atoms with Crippen LogP contribution in [0.2, 0.25) is 5.02 Å². The number of aliphatic hydroxyl groups excluding tert-OH is 1. The van der Waals surface area contributed by atoms with E-state index in [2.05, 4.69) is 10.3 Å². The van der Waals surface area contributed by atoms with Gasteiger partial charge in [-0.05, 0) is 30.2 Å². The summed E-state index contributed by atoms with van der Waals surface area (Å²) in [5.74, 6) is 0.578. The van der Waals surface area contributed by atoms with Crippen molar-refractivity contribution in [2.24, 2.45) is 0 Å². The highest BCUT2D eigenvalue weighted by Crippen LogP contribution is 2.23. The lowest BCUT2D eigenvalue weighted by Gasteiger charge is -2.09. The maximum atomic E-state index is 8.83. The molecular formula is C13H14ClN3O. The Balaban J connectivity index is 2.13. The van der Waals surface area contributed by atoms with Crippen molar-refractivity contribution >= 4 is 28.8 Å². The van der Waals surface area contributed by atoms with Crippen molar-refractivity contribution < 1.29 is 5.11 Å². The van der Waals surface area contributed by atoms with Crippen LogP contribution in [0, 0.1) is 0 Å². The first-order chi connectivity index (χ1) is 8.69. The van der Waals surface area contributed by atoms with Crippen LogP contribution in [0.5, 0.6) is 0 Å². The highest BCUT2D eigenvalue weighted by Gasteiger charge is 2.02. The summed E-state index contributed by atoms with van der Waals surface area (Å²) in [6, 6.07) is 9.38. The minimum Gasteiger partial charge on any atom is -0.396 e. The Labute approximate surface area is 110 Å². The minimum atomic E-state index is 0.151. The molecule has 0 atom stereocenters. The average molecular weight is 264 g/mol. The molecule has 0 aliphatic rings. The van der Waals surface area contributed by atoms with Gasteiger partial charge in [0.05, 0.1) is 10.7 Å². The van der Waals surface area contributed by atoms with Gasteiger partial charge in [-0.1, -0.05) is 23.7 Å². The molecule has 4 N–H and O–H groups in total. The van der Waals surface area contributed by atoms with E-state index < -0.39 is 0 Å². The third kappa shape index (κ3) is 3.12. The summed E-state index contributed by atoms with van der Waals surface area (Å²) in [6.45, 7) is 0.151. The van der Waals surface area contributed by atoms with Crippen LogP contribution in [0.1, 0.15) is 5.56 Å². The predicted octanol–water partition coefficient (Wildman–Crippen LogP) is 2.60. The van der Waals surface area contributed by atoms with Gasteiger partial charge in [0.1, 0.15) is 0 Å². The molecule has 1 aromatic heterocycles. The number of benzene rings is 1. The molecule has 5 heteroatoms. The molecule has 0 saturated carbocycles. The molecule has 4 nitrogen and oxygen atoms in total. The van der Waals surface area contributed by atoms with Gasteiger partial charge in [-0.3, -0.25) is 0 Å². The van der Waals surface area contributed by atoms with E-state index >= 15 is 0 Å². The minimum absolute atomic E-state index is 0.151. The Morgan fingerprint density at radius 1 is 1.28 bits per heavy atom. The monoisotopic (exact) mass is 263 g/mol. The smallest absolute Gasteiger partial charge is 0.153 e. The molecular weight excluding hydrogens is 250 g/mol. The number of aliphatic hydroxyl groups is 1. The van der Waals surface area contributed by atoms with Crippen molar-refractivity contribution in [2.45, 2.75) is 6.42 Å². The third-order valence-electron chi connectivity index (χ3n) is 2.50. The quantitative estimate of drug-likeness (QED) is 0.793. The predicted molar refractivity (Wildman–Crippen MR) is 74.2 cm³/mol. The Morgan fingerprint density at radius 3 is 2.61 bits per heavy atom. The number of rotatable bonds is 4. The highest BCUT2D eigenvalue weighted by atomic mass is 35.5. The van der Waals surface area contributed by atoms with Crippen LogP contribution in [-0.4, -0.2) is 16.7 Å². The van der Waals surface area contributed by atoms with Gasteiger partial charge in [-0.2, -0.15) is 0 Å². The molecule has 18 heavy (non-hydrogen) atoms. The van der Waals surface area contributed by atoms with E-state index in [4.69, 9.17) is 22.4 Å². The SMILES string of the molecule is Nc1cc(Cl)cnc1Nc1ccc(CCO)cc1. The number of hydrogen-bond acceptors (Lipinski definition) is 4. The lowest BCUT2D eigenvalue weighted by atomic mass is 10.1. The Hall–Kier alpha value is -1.78. The molecule has 0 saturated heterocycles. The van der Waals surface area contributed by atoms with Crippen LogP contribution in [0.3, 0.4) is 0 Å². The maximum Gasteiger partial charge on any atom is 0.153 e. The van der Waals surface area contributed by atoms with Gasteiger partial charge in [0, 0.05) is 18.5 Å². The van der Waals surface area contributed by atoms with Gasteiger partial charge >= 0.3 is 0 Å². The fourth-order valence-electron chi connectivity index (χ4n) is 1.58. The largest absolute Gasteiger partial charge is 0.396 e. The number of halogens is 1. The lowest BCUT2D eigenvalue weighted by Crippen LogP contribution is -1.99. The van der Waals surface area contributed by atoms with Crippen molar-refractivity contribution in [3.05, 3.63) is 47.1 Å². The molecule has 0 unspecified atom stereocenters. The summed E-state index contributed by atoms with van der Waals surface area (Å²) in [6.07, 6.45) is 2.20. The zero-order chi connectivity index (χ0) is 13.0. The van der Waals surface area contributed by atoms with Crippen molar-refractivity contribution in [3.63, 3.8) is 0 Å². The second-order valence-corrected chi connectivity index (χ2v) is 4.32. The normalized spacial score (nSPS) is 10.3. The van der Waals surface area contributed by atoms with Gasteiger partial charge in [0.15, 0.2) is 5.82 Å². The zero-order valence-electron chi connectivity index (χ0n) is 9.73. The van der Waals surface area contributed by atoms with Gasteiger partial charge in [0.25, 0.3) is 0 Å². The first kappa shape index (κ1) is 12.7. The lowest BCUT2D eigenvalue weighted by molar-refractivity contribution is 0.299. The van der Waals surface area contributed by atoms with Crippen LogP contribution in [0.15, 0.2) is 36.5 Å². The van der Waals surface area contributed by atoms with Crippen molar-refractivity contribution in [1.82, 2.24) is 4.98 Å². The molecule has 94 valence electrons. The molecule has 0 radical (unpaired) electrons. The van der Waals surface area contributed by atoms with Gasteiger partial charge in [-0.15, -0.1) is 0 Å². The molecule has 0 aliphatic heterocycles. The van der Waals surface area contributed by atoms with E-state index in [1.165, 1.54) is 0 Å². The molecule has 0 spiro atoms.